The maximum atomic E-state index is 12.6. The second-order valence-corrected chi connectivity index (χ2v) is 7.97. The van der Waals surface area contributed by atoms with E-state index < -0.39 is 0 Å². The van der Waals surface area contributed by atoms with Crippen molar-refractivity contribution < 1.29 is 9.53 Å². The average molecular weight is 401 g/mol. The Morgan fingerprint density at radius 2 is 2.18 bits per heavy atom. The molecule has 7 nitrogen and oxygen atoms in total. The summed E-state index contributed by atoms with van der Waals surface area (Å²) >= 11 is 1.30. The first-order chi connectivity index (χ1) is 13.7. The van der Waals surface area contributed by atoms with Gasteiger partial charge in [-0.15, -0.1) is 5.10 Å². The van der Waals surface area contributed by atoms with Crippen LogP contribution < -0.4 is 5.69 Å². The molecular weight excluding hydrogens is 376 g/mol. The van der Waals surface area contributed by atoms with Gasteiger partial charge in [-0.25, -0.2) is 9.89 Å². The zero-order valence-corrected chi connectivity index (χ0v) is 16.5. The Bertz CT molecular complexity index is 900. The molecule has 4 rings (SSSR count). The summed E-state index contributed by atoms with van der Waals surface area (Å²) in [5, 5.41) is 7.11. The molecular formula is C20H24N4O3S. The Balaban J connectivity index is 1.33. The van der Waals surface area contributed by atoms with E-state index in [-0.39, 0.29) is 23.5 Å². The van der Waals surface area contributed by atoms with Gasteiger partial charge in [0.15, 0.2) is 5.16 Å². The largest absolute Gasteiger partial charge is 0.376 e. The van der Waals surface area contributed by atoms with Crippen molar-refractivity contribution in [3.8, 4) is 0 Å². The number of carbonyl (C=O) groups is 1. The van der Waals surface area contributed by atoms with Gasteiger partial charge in [0, 0.05) is 19.7 Å². The number of hydrogen-bond donors (Lipinski definition) is 1. The lowest BCUT2D eigenvalue weighted by molar-refractivity contribution is -0.127. The highest BCUT2D eigenvalue weighted by molar-refractivity contribution is 7.99. The Hall–Kier alpha value is -2.32. The number of amides is 1. The Kier molecular flexibility index (Phi) is 5.97. The lowest BCUT2D eigenvalue weighted by Crippen LogP contribution is -2.36. The van der Waals surface area contributed by atoms with Crippen LogP contribution in [0, 0.1) is 0 Å². The normalized spacial score (nSPS) is 19.6. The molecule has 1 N–H and O–H groups in total. The maximum Gasteiger partial charge on any atom is 0.344 e. The van der Waals surface area contributed by atoms with Gasteiger partial charge in [-0.1, -0.05) is 48.2 Å². The van der Waals surface area contributed by atoms with Gasteiger partial charge in [0.05, 0.1) is 18.4 Å². The molecule has 8 heteroatoms. The second-order valence-electron chi connectivity index (χ2n) is 7.03. The van der Waals surface area contributed by atoms with Crippen LogP contribution >= 0.6 is 11.8 Å². The van der Waals surface area contributed by atoms with Crippen molar-refractivity contribution in [2.45, 2.75) is 37.1 Å². The lowest BCUT2D eigenvalue weighted by Gasteiger charge is -2.26. The predicted molar refractivity (Wildman–Crippen MR) is 108 cm³/mol. The van der Waals surface area contributed by atoms with Gasteiger partial charge >= 0.3 is 5.69 Å². The number of H-pyrrole nitrogens is 1. The van der Waals surface area contributed by atoms with Gasteiger partial charge < -0.3 is 9.64 Å². The highest BCUT2D eigenvalue weighted by Crippen LogP contribution is 2.23. The topological polar surface area (TPSA) is 80.2 Å². The molecule has 0 aliphatic carbocycles. The van der Waals surface area contributed by atoms with Gasteiger partial charge in [0.1, 0.15) is 0 Å². The number of aromatic nitrogens is 3. The fourth-order valence-corrected chi connectivity index (χ4v) is 4.45. The third-order valence-electron chi connectivity index (χ3n) is 5.16. The minimum atomic E-state index is -0.251. The van der Waals surface area contributed by atoms with Gasteiger partial charge in [0.2, 0.25) is 5.91 Å². The number of nitrogens with one attached hydrogen (secondary N) is 1. The van der Waals surface area contributed by atoms with E-state index in [2.05, 4.69) is 28.4 Å². The molecule has 1 aromatic carbocycles. The second kappa shape index (κ2) is 8.79. The molecule has 28 heavy (non-hydrogen) atoms. The molecule has 0 radical (unpaired) electrons. The van der Waals surface area contributed by atoms with E-state index in [1.165, 1.54) is 22.9 Å². The van der Waals surface area contributed by atoms with Crippen molar-refractivity contribution in [3.05, 3.63) is 52.5 Å². The summed E-state index contributed by atoms with van der Waals surface area (Å²) < 4.78 is 7.19. The van der Waals surface area contributed by atoms with Crippen LogP contribution in [0.1, 0.15) is 24.8 Å². The number of thioether (sulfide) groups is 1. The summed E-state index contributed by atoms with van der Waals surface area (Å²) in [5.74, 6) is 0.331. The molecule has 0 unspecified atom stereocenters. The minimum absolute atomic E-state index is 0.0500. The van der Waals surface area contributed by atoms with Crippen LogP contribution in [-0.4, -0.2) is 57.1 Å². The van der Waals surface area contributed by atoms with Gasteiger partial charge in [-0.05, 0) is 30.4 Å². The summed E-state index contributed by atoms with van der Waals surface area (Å²) in [6.07, 6.45) is 5.00. The van der Waals surface area contributed by atoms with E-state index in [9.17, 15) is 9.59 Å². The average Bonchev–Trinajstić information content (AvgIpc) is 3.38. The van der Waals surface area contributed by atoms with Crippen LogP contribution in [0.2, 0.25) is 0 Å². The zero-order chi connectivity index (χ0) is 19.3. The summed E-state index contributed by atoms with van der Waals surface area (Å²) in [4.78, 5) is 26.5. The molecule has 1 saturated heterocycles. The van der Waals surface area contributed by atoms with E-state index in [1.807, 2.05) is 23.1 Å². The van der Waals surface area contributed by atoms with E-state index >= 15 is 0 Å². The summed E-state index contributed by atoms with van der Waals surface area (Å²) in [7, 11) is 0. The maximum absolute atomic E-state index is 12.6. The Labute approximate surface area is 167 Å². The SMILES string of the molecule is O=C(CSc1n[nH]c(=O)n1C[C@H]1CCCO1)N1CC=C(c2ccccc2)CC1. The standard InChI is InChI=1S/C20H24N4O3S/c25-18(23-10-8-16(9-11-23)15-5-2-1-3-6-15)14-28-20-22-21-19(26)24(20)13-17-7-4-12-27-17/h1-3,5-6,8,17H,4,7,9-14H2,(H,21,26)/t17-/m1/s1. The van der Waals surface area contributed by atoms with Crippen molar-refractivity contribution in [2.75, 3.05) is 25.4 Å². The van der Waals surface area contributed by atoms with Crippen LogP contribution in [0.25, 0.3) is 5.57 Å². The molecule has 1 aromatic heterocycles. The van der Waals surface area contributed by atoms with Gasteiger partial charge in [0.25, 0.3) is 0 Å². The van der Waals surface area contributed by atoms with E-state index in [0.717, 1.165) is 25.9 Å². The molecule has 1 amide bonds. The summed E-state index contributed by atoms with van der Waals surface area (Å²) in [5.41, 5.74) is 2.26. The molecule has 0 spiro atoms. The van der Waals surface area contributed by atoms with Crippen molar-refractivity contribution in [1.82, 2.24) is 19.7 Å². The van der Waals surface area contributed by atoms with Crippen LogP contribution in [0.5, 0.6) is 0 Å². The molecule has 2 aliphatic heterocycles. The molecule has 3 heterocycles. The molecule has 0 saturated carbocycles. The molecule has 1 fully saturated rings. The smallest absolute Gasteiger partial charge is 0.344 e. The molecule has 2 aromatic rings. The van der Waals surface area contributed by atoms with Crippen molar-refractivity contribution in [1.29, 1.82) is 0 Å². The van der Waals surface area contributed by atoms with Crippen LogP contribution in [0.15, 0.2) is 46.4 Å². The van der Waals surface area contributed by atoms with E-state index in [1.54, 1.807) is 4.57 Å². The first-order valence-corrected chi connectivity index (χ1v) is 10.6. The van der Waals surface area contributed by atoms with E-state index in [4.69, 9.17) is 4.74 Å². The first-order valence-electron chi connectivity index (χ1n) is 9.62. The van der Waals surface area contributed by atoms with Crippen molar-refractivity contribution in [3.63, 3.8) is 0 Å². The summed E-state index contributed by atoms with van der Waals surface area (Å²) in [6.45, 7) is 2.56. The third kappa shape index (κ3) is 4.39. The first kappa shape index (κ1) is 19.0. The summed E-state index contributed by atoms with van der Waals surface area (Å²) in [6, 6.07) is 10.3. The minimum Gasteiger partial charge on any atom is -0.376 e. The van der Waals surface area contributed by atoms with Gasteiger partial charge in [-0.3, -0.25) is 9.36 Å². The number of benzene rings is 1. The Morgan fingerprint density at radius 1 is 1.32 bits per heavy atom. The number of carbonyl (C=O) groups excluding carboxylic acids is 1. The number of rotatable bonds is 6. The number of hydrogen-bond acceptors (Lipinski definition) is 5. The quantitative estimate of drug-likeness (QED) is 0.752. The number of aromatic amines is 1. The van der Waals surface area contributed by atoms with Gasteiger partial charge in [-0.2, -0.15) is 0 Å². The fraction of sp³-hybridized carbons (Fsp3) is 0.450. The zero-order valence-electron chi connectivity index (χ0n) is 15.7. The van der Waals surface area contributed by atoms with Crippen LogP contribution in [0.4, 0.5) is 0 Å². The predicted octanol–water partition coefficient (Wildman–Crippen LogP) is 2.16. The fourth-order valence-electron chi connectivity index (χ4n) is 3.59. The molecule has 148 valence electrons. The molecule has 0 bridgehead atoms. The van der Waals surface area contributed by atoms with E-state index in [0.29, 0.717) is 24.8 Å². The van der Waals surface area contributed by atoms with Crippen molar-refractivity contribution in [2.24, 2.45) is 0 Å². The van der Waals surface area contributed by atoms with Crippen LogP contribution in [-0.2, 0) is 16.1 Å². The molecule has 2 aliphatic rings. The number of ether oxygens (including phenoxy) is 1. The number of nitrogens with zero attached hydrogens (tertiary/aromatic N) is 3. The monoisotopic (exact) mass is 400 g/mol. The van der Waals surface area contributed by atoms with Crippen molar-refractivity contribution >= 4 is 23.2 Å². The highest BCUT2D eigenvalue weighted by atomic mass is 32.2. The van der Waals surface area contributed by atoms with Crippen LogP contribution in [0.3, 0.4) is 0 Å². The Morgan fingerprint density at radius 3 is 2.89 bits per heavy atom. The highest BCUT2D eigenvalue weighted by Gasteiger charge is 2.22. The molecule has 1 atom stereocenters. The lowest BCUT2D eigenvalue weighted by atomic mass is 10.00. The third-order valence-corrected chi connectivity index (χ3v) is 6.13.